The zero-order chi connectivity index (χ0) is 9.26. The SMILES string of the molecule is O=c1[nH]c(=S)[nH]n1C1CCCCC1. The number of rotatable bonds is 1. The third-order valence-electron chi connectivity index (χ3n) is 2.60. The molecule has 2 rings (SSSR count). The zero-order valence-electron chi connectivity index (χ0n) is 7.38. The van der Waals surface area contributed by atoms with E-state index in [2.05, 4.69) is 10.1 Å². The fourth-order valence-corrected chi connectivity index (χ4v) is 2.13. The van der Waals surface area contributed by atoms with Crippen LogP contribution in [0.3, 0.4) is 0 Å². The molecule has 5 heteroatoms. The second kappa shape index (κ2) is 3.49. The maximum absolute atomic E-state index is 11.3. The largest absolute Gasteiger partial charge is 0.342 e. The van der Waals surface area contributed by atoms with E-state index in [0.29, 0.717) is 10.8 Å². The van der Waals surface area contributed by atoms with Gasteiger partial charge in [0.2, 0.25) is 0 Å². The molecule has 0 atom stereocenters. The smallest absolute Gasteiger partial charge is 0.282 e. The Balaban J connectivity index is 2.28. The number of aromatic amines is 2. The van der Waals surface area contributed by atoms with Gasteiger partial charge in [-0.3, -0.25) is 10.1 Å². The molecule has 0 aromatic carbocycles. The Morgan fingerprint density at radius 1 is 1.31 bits per heavy atom. The molecule has 1 aliphatic carbocycles. The summed E-state index contributed by atoms with van der Waals surface area (Å²) >= 11 is 4.86. The van der Waals surface area contributed by atoms with Crippen molar-refractivity contribution in [2.75, 3.05) is 0 Å². The van der Waals surface area contributed by atoms with Gasteiger partial charge in [0.15, 0.2) is 4.77 Å². The molecule has 13 heavy (non-hydrogen) atoms. The predicted octanol–water partition coefficient (Wildman–Crippen LogP) is 1.74. The van der Waals surface area contributed by atoms with Gasteiger partial charge in [0.05, 0.1) is 6.04 Å². The summed E-state index contributed by atoms with van der Waals surface area (Å²) in [7, 11) is 0. The van der Waals surface area contributed by atoms with E-state index in [1.54, 1.807) is 4.68 Å². The average Bonchev–Trinajstić information content (AvgIpc) is 2.47. The number of aromatic nitrogens is 3. The summed E-state index contributed by atoms with van der Waals surface area (Å²) in [4.78, 5) is 13.9. The van der Waals surface area contributed by atoms with Gasteiger partial charge in [-0.25, -0.2) is 9.48 Å². The van der Waals surface area contributed by atoms with Gasteiger partial charge in [0.25, 0.3) is 0 Å². The second-order valence-corrected chi connectivity index (χ2v) is 3.94. The van der Waals surface area contributed by atoms with Crippen LogP contribution >= 0.6 is 12.2 Å². The van der Waals surface area contributed by atoms with Crippen LogP contribution in [-0.2, 0) is 0 Å². The summed E-state index contributed by atoms with van der Waals surface area (Å²) in [6.07, 6.45) is 5.88. The lowest BCUT2D eigenvalue weighted by Gasteiger charge is -2.21. The normalized spacial score (nSPS) is 19.1. The highest BCUT2D eigenvalue weighted by atomic mass is 32.1. The van der Waals surface area contributed by atoms with Crippen molar-refractivity contribution in [2.24, 2.45) is 0 Å². The molecular formula is C8H13N3OS. The monoisotopic (exact) mass is 199 g/mol. The number of hydrogen-bond acceptors (Lipinski definition) is 2. The molecule has 1 heterocycles. The van der Waals surface area contributed by atoms with E-state index in [9.17, 15) is 4.79 Å². The Labute approximate surface area is 81.0 Å². The zero-order valence-corrected chi connectivity index (χ0v) is 8.19. The molecule has 1 saturated carbocycles. The number of nitrogens with one attached hydrogen (secondary N) is 2. The first-order valence-corrected chi connectivity index (χ1v) is 5.09. The Bertz CT molecular complexity index is 383. The molecular weight excluding hydrogens is 186 g/mol. The van der Waals surface area contributed by atoms with Gasteiger partial charge in [-0.2, -0.15) is 0 Å². The van der Waals surface area contributed by atoms with E-state index in [0.717, 1.165) is 12.8 Å². The molecule has 2 N–H and O–H groups in total. The second-order valence-electron chi connectivity index (χ2n) is 3.53. The quantitative estimate of drug-likeness (QED) is 0.677. The van der Waals surface area contributed by atoms with Gasteiger partial charge in [0.1, 0.15) is 0 Å². The van der Waals surface area contributed by atoms with Gasteiger partial charge in [-0.15, -0.1) is 0 Å². The molecule has 0 spiro atoms. The highest BCUT2D eigenvalue weighted by molar-refractivity contribution is 7.71. The summed E-state index contributed by atoms with van der Waals surface area (Å²) < 4.78 is 2.07. The predicted molar refractivity (Wildman–Crippen MR) is 52.4 cm³/mol. The summed E-state index contributed by atoms with van der Waals surface area (Å²) in [6.45, 7) is 0. The number of nitrogens with zero attached hydrogens (tertiary/aromatic N) is 1. The van der Waals surface area contributed by atoms with E-state index < -0.39 is 0 Å². The molecule has 1 fully saturated rings. The first kappa shape index (κ1) is 8.74. The topological polar surface area (TPSA) is 53.6 Å². The molecule has 1 aromatic heterocycles. The van der Waals surface area contributed by atoms with Crippen molar-refractivity contribution in [1.29, 1.82) is 0 Å². The van der Waals surface area contributed by atoms with Gasteiger partial charge in [-0.1, -0.05) is 19.3 Å². The van der Waals surface area contributed by atoms with Gasteiger partial charge in [0, 0.05) is 0 Å². The molecule has 0 aliphatic heterocycles. The Kier molecular flexibility index (Phi) is 2.35. The van der Waals surface area contributed by atoms with E-state index in [4.69, 9.17) is 12.2 Å². The molecule has 0 saturated heterocycles. The summed E-state index contributed by atoms with van der Waals surface area (Å²) in [6, 6.07) is 0.328. The van der Waals surface area contributed by atoms with E-state index in [1.807, 2.05) is 0 Å². The van der Waals surface area contributed by atoms with Crippen LogP contribution in [0.1, 0.15) is 38.1 Å². The Hall–Kier alpha value is -0.840. The summed E-state index contributed by atoms with van der Waals surface area (Å²) in [5, 5.41) is 2.88. The van der Waals surface area contributed by atoms with E-state index in [-0.39, 0.29) is 5.69 Å². The molecule has 0 amide bonds. The molecule has 1 aromatic rings. The molecule has 0 unspecified atom stereocenters. The van der Waals surface area contributed by atoms with Crippen molar-refractivity contribution < 1.29 is 0 Å². The molecule has 0 radical (unpaired) electrons. The van der Waals surface area contributed by atoms with Crippen LogP contribution in [0.4, 0.5) is 0 Å². The van der Waals surface area contributed by atoms with Crippen molar-refractivity contribution in [3.05, 3.63) is 15.3 Å². The highest BCUT2D eigenvalue weighted by Gasteiger charge is 2.16. The van der Waals surface area contributed by atoms with E-state index >= 15 is 0 Å². The van der Waals surface area contributed by atoms with Crippen molar-refractivity contribution in [3.63, 3.8) is 0 Å². The van der Waals surface area contributed by atoms with Crippen LogP contribution in [-0.4, -0.2) is 14.8 Å². The first-order valence-electron chi connectivity index (χ1n) is 4.68. The lowest BCUT2D eigenvalue weighted by molar-refractivity contribution is 0.322. The van der Waals surface area contributed by atoms with Crippen LogP contribution in [0.15, 0.2) is 4.79 Å². The van der Waals surface area contributed by atoms with Gasteiger partial charge in [-0.05, 0) is 25.1 Å². The van der Waals surface area contributed by atoms with Gasteiger partial charge >= 0.3 is 5.69 Å². The molecule has 4 nitrogen and oxygen atoms in total. The van der Waals surface area contributed by atoms with E-state index in [1.165, 1.54) is 19.3 Å². The van der Waals surface area contributed by atoms with Crippen LogP contribution in [0, 0.1) is 4.77 Å². The maximum Gasteiger partial charge on any atom is 0.342 e. The van der Waals surface area contributed by atoms with Gasteiger partial charge < -0.3 is 0 Å². The fraction of sp³-hybridized carbons (Fsp3) is 0.750. The number of hydrogen-bond donors (Lipinski definition) is 2. The average molecular weight is 199 g/mol. The third-order valence-corrected chi connectivity index (χ3v) is 2.79. The number of H-pyrrole nitrogens is 2. The highest BCUT2D eigenvalue weighted by Crippen LogP contribution is 2.25. The van der Waals surface area contributed by atoms with Crippen LogP contribution < -0.4 is 5.69 Å². The fourth-order valence-electron chi connectivity index (χ4n) is 1.94. The molecule has 1 aliphatic rings. The Morgan fingerprint density at radius 3 is 2.54 bits per heavy atom. The third kappa shape index (κ3) is 1.75. The Morgan fingerprint density at radius 2 is 2.00 bits per heavy atom. The van der Waals surface area contributed by atoms with Crippen molar-refractivity contribution >= 4 is 12.2 Å². The lowest BCUT2D eigenvalue weighted by atomic mass is 9.96. The van der Waals surface area contributed by atoms with Crippen molar-refractivity contribution in [3.8, 4) is 0 Å². The molecule has 0 bridgehead atoms. The first-order chi connectivity index (χ1) is 6.27. The lowest BCUT2D eigenvalue weighted by Crippen LogP contribution is -2.25. The molecule has 72 valence electrons. The summed E-state index contributed by atoms with van der Waals surface area (Å²) in [5.74, 6) is 0. The van der Waals surface area contributed by atoms with Crippen LogP contribution in [0.25, 0.3) is 0 Å². The van der Waals surface area contributed by atoms with Crippen molar-refractivity contribution in [2.45, 2.75) is 38.1 Å². The standard InChI is InChI=1S/C8H13N3OS/c12-8-9-7(13)10-11(8)6-4-2-1-3-5-6/h6H,1-5H2,(H2,9,10,12,13). The van der Waals surface area contributed by atoms with Crippen LogP contribution in [0.5, 0.6) is 0 Å². The minimum Gasteiger partial charge on any atom is -0.282 e. The van der Waals surface area contributed by atoms with Crippen LogP contribution in [0.2, 0.25) is 0 Å². The minimum absolute atomic E-state index is 0.100. The summed E-state index contributed by atoms with van der Waals surface area (Å²) in [5.41, 5.74) is -0.100. The maximum atomic E-state index is 11.3. The minimum atomic E-state index is -0.100. The van der Waals surface area contributed by atoms with Crippen molar-refractivity contribution in [1.82, 2.24) is 14.8 Å².